The first-order valence-corrected chi connectivity index (χ1v) is 11.9. The van der Waals surface area contributed by atoms with Gasteiger partial charge in [-0.05, 0) is 61.3 Å². The van der Waals surface area contributed by atoms with Gasteiger partial charge in [0.05, 0.1) is 11.4 Å². The molecule has 1 aliphatic rings. The molecule has 2 heterocycles. The summed E-state index contributed by atoms with van der Waals surface area (Å²) < 4.78 is 3.39. The Morgan fingerprint density at radius 1 is 0.941 bits per heavy atom. The molecule has 1 aliphatic heterocycles. The SMILES string of the molecule is Cc1c(NC(=O)C2CCN(Cc3cccc4ccccc34)CC2)c(=O)n(-c2ccccc2)n1C. The molecule has 34 heavy (non-hydrogen) atoms. The third-order valence-electron chi connectivity index (χ3n) is 7.03. The summed E-state index contributed by atoms with van der Waals surface area (Å²) in [5, 5.41) is 5.51. The third kappa shape index (κ3) is 4.17. The maximum atomic E-state index is 13.1. The van der Waals surface area contributed by atoms with Gasteiger partial charge in [0.2, 0.25) is 5.91 Å². The number of likely N-dealkylation sites (tertiary alicyclic amines) is 1. The van der Waals surface area contributed by atoms with E-state index in [0.717, 1.165) is 43.9 Å². The van der Waals surface area contributed by atoms with Gasteiger partial charge in [-0.2, -0.15) is 0 Å². The highest BCUT2D eigenvalue weighted by Gasteiger charge is 2.27. The summed E-state index contributed by atoms with van der Waals surface area (Å²) in [5.41, 5.74) is 3.01. The minimum Gasteiger partial charge on any atom is -0.320 e. The second-order valence-electron chi connectivity index (χ2n) is 9.11. The fourth-order valence-corrected chi connectivity index (χ4v) is 4.96. The van der Waals surface area contributed by atoms with E-state index in [1.807, 2.05) is 44.3 Å². The van der Waals surface area contributed by atoms with E-state index in [2.05, 4.69) is 52.7 Å². The van der Waals surface area contributed by atoms with Crippen LogP contribution in [0, 0.1) is 12.8 Å². The summed E-state index contributed by atoms with van der Waals surface area (Å²) in [6.45, 7) is 4.48. The van der Waals surface area contributed by atoms with Crippen LogP contribution in [0.5, 0.6) is 0 Å². The van der Waals surface area contributed by atoms with E-state index in [4.69, 9.17) is 0 Å². The molecule has 0 radical (unpaired) electrons. The monoisotopic (exact) mass is 454 g/mol. The van der Waals surface area contributed by atoms with Crippen molar-refractivity contribution in [2.45, 2.75) is 26.3 Å². The molecule has 1 amide bonds. The second kappa shape index (κ2) is 9.31. The molecule has 4 aromatic rings. The van der Waals surface area contributed by atoms with Gasteiger partial charge in [-0.25, -0.2) is 4.68 Å². The number of piperidine rings is 1. The van der Waals surface area contributed by atoms with Gasteiger partial charge in [-0.15, -0.1) is 0 Å². The van der Waals surface area contributed by atoms with Crippen LogP contribution in [-0.4, -0.2) is 33.3 Å². The van der Waals surface area contributed by atoms with Crippen molar-refractivity contribution in [3.8, 4) is 5.69 Å². The molecule has 0 saturated carbocycles. The number of hydrogen-bond acceptors (Lipinski definition) is 3. The highest BCUT2D eigenvalue weighted by Crippen LogP contribution is 2.24. The molecule has 1 N–H and O–H groups in total. The molecule has 5 rings (SSSR count). The minimum absolute atomic E-state index is 0.0594. The van der Waals surface area contributed by atoms with E-state index in [-0.39, 0.29) is 17.4 Å². The van der Waals surface area contributed by atoms with Crippen LogP contribution in [0.3, 0.4) is 0 Å². The predicted octanol–water partition coefficient (Wildman–Crippen LogP) is 4.49. The van der Waals surface area contributed by atoms with Crippen molar-refractivity contribution in [1.82, 2.24) is 14.3 Å². The molecule has 174 valence electrons. The highest BCUT2D eigenvalue weighted by molar-refractivity contribution is 5.93. The number of benzene rings is 3. The molecule has 0 bridgehead atoms. The fraction of sp³-hybridized carbons (Fsp3) is 0.286. The summed E-state index contributed by atoms with van der Waals surface area (Å²) in [6.07, 6.45) is 1.57. The molecule has 6 heteroatoms. The minimum atomic E-state index is -0.201. The number of carbonyl (C=O) groups excluding carboxylic acids is 1. The van der Waals surface area contributed by atoms with Crippen molar-refractivity contribution < 1.29 is 4.79 Å². The maximum absolute atomic E-state index is 13.1. The number of nitrogens with one attached hydrogen (secondary N) is 1. The molecule has 0 aliphatic carbocycles. The van der Waals surface area contributed by atoms with Gasteiger partial charge in [-0.3, -0.25) is 19.2 Å². The van der Waals surface area contributed by atoms with Crippen LogP contribution < -0.4 is 10.9 Å². The Morgan fingerprint density at radius 3 is 2.38 bits per heavy atom. The van der Waals surface area contributed by atoms with E-state index < -0.39 is 0 Å². The van der Waals surface area contributed by atoms with Gasteiger partial charge in [-0.1, -0.05) is 60.7 Å². The molecular weight excluding hydrogens is 424 g/mol. The molecular formula is C28H30N4O2. The summed E-state index contributed by atoms with van der Waals surface area (Å²) in [6, 6.07) is 24.4. The molecule has 1 fully saturated rings. The fourth-order valence-electron chi connectivity index (χ4n) is 4.96. The van der Waals surface area contributed by atoms with Crippen LogP contribution >= 0.6 is 0 Å². The first-order valence-electron chi connectivity index (χ1n) is 11.9. The number of nitrogens with zero attached hydrogens (tertiary/aromatic N) is 3. The quantitative estimate of drug-likeness (QED) is 0.483. The first-order chi connectivity index (χ1) is 16.5. The number of aromatic nitrogens is 2. The van der Waals surface area contributed by atoms with Crippen LogP contribution in [0.1, 0.15) is 24.1 Å². The van der Waals surface area contributed by atoms with Crippen LogP contribution in [0.25, 0.3) is 16.5 Å². The lowest BCUT2D eigenvalue weighted by Crippen LogP contribution is -2.38. The van der Waals surface area contributed by atoms with Crippen LogP contribution in [0.15, 0.2) is 77.6 Å². The highest BCUT2D eigenvalue weighted by atomic mass is 16.2. The second-order valence-corrected chi connectivity index (χ2v) is 9.11. The molecule has 1 aromatic heterocycles. The summed E-state index contributed by atoms with van der Waals surface area (Å²) in [5.74, 6) is -0.149. The van der Waals surface area contributed by atoms with Crippen molar-refractivity contribution in [2.24, 2.45) is 13.0 Å². The van der Waals surface area contributed by atoms with Crippen molar-refractivity contribution >= 4 is 22.4 Å². The van der Waals surface area contributed by atoms with Crippen molar-refractivity contribution in [1.29, 1.82) is 0 Å². The average Bonchev–Trinajstić information content (AvgIpc) is 3.08. The normalized spacial score (nSPS) is 15.0. The molecule has 0 spiro atoms. The van der Waals surface area contributed by atoms with Gasteiger partial charge in [0, 0.05) is 19.5 Å². The predicted molar refractivity (Wildman–Crippen MR) is 136 cm³/mol. The van der Waals surface area contributed by atoms with Gasteiger partial charge in [0.15, 0.2) is 0 Å². The first kappa shape index (κ1) is 22.2. The zero-order chi connectivity index (χ0) is 23.7. The van der Waals surface area contributed by atoms with E-state index in [0.29, 0.717) is 5.69 Å². The van der Waals surface area contributed by atoms with Gasteiger partial charge >= 0.3 is 0 Å². The van der Waals surface area contributed by atoms with Gasteiger partial charge in [0.1, 0.15) is 5.69 Å². The Bertz CT molecular complexity index is 1370. The smallest absolute Gasteiger partial charge is 0.295 e. The van der Waals surface area contributed by atoms with E-state index in [1.54, 1.807) is 9.36 Å². The molecule has 6 nitrogen and oxygen atoms in total. The number of rotatable bonds is 5. The molecule has 0 atom stereocenters. The number of amides is 1. The topological polar surface area (TPSA) is 59.3 Å². The van der Waals surface area contributed by atoms with Crippen LogP contribution in [0.2, 0.25) is 0 Å². The largest absolute Gasteiger partial charge is 0.320 e. The van der Waals surface area contributed by atoms with E-state index >= 15 is 0 Å². The van der Waals surface area contributed by atoms with Crippen molar-refractivity contribution in [2.75, 3.05) is 18.4 Å². The zero-order valence-corrected chi connectivity index (χ0v) is 19.7. The summed E-state index contributed by atoms with van der Waals surface area (Å²) in [4.78, 5) is 28.6. The lowest BCUT2D eigenvalue weighted by molar-refractivity contribution is -0.121. The van der Waals surface area contributed by atoms with Crippen LogP contribution in [-0.2, 0) is 18.4 Å². The van der Waals surface area contributed by atoms with Gasteiger partial charge in [0.25, 0.3) is 5.56 Å². The standard InChI is InChI=1S/C28H30N4O2/c1-20-26(28(34)32(30(20)2)24-12-4-3-5-13-24)29-27(33)22-15-17-31(18-16-22)19-23-11-8-10-21-9-6-7-14-25(21)23/h3-14,22H,15-19H2,1-2H3,(H,29,33). The summed E-state index contributed by atoms with van der Waals surface area (Å²) in [7, 11) is 1.84. The van der Waals surface area contributed by atoms with Crippen LogP contribution in [0.4, 0.5) is 5.69 Å². The average molecular weight is 455 g/mol. The number of anilines is 1. The van der Waals surface area contributed by atoms with Crippen molar-refractivity contribution in [3.63, 3.8) is 0 Å². The Hall–Kier alpha value is -3.64. The van der Waals surface area contributed by atoms with Gasteiger partial charge < -0.3 is 5.32 Å². The summed E-state index contributed by atoms with van der Waals surface area (Å²) >= 11 is 0. The molecule has 0 unspecified atom stereocenters. The molecule has 1 saturated heterocycles. The van der Waals surface area contributed by atoms with E-state index in [1.165, 1.54) is 16.3 Å². The maximum Gasteiger partial charge on any atom is 0.295 e. The number of para-hydroxylation sites is 1. The third-order valence-corrected chi connectivity index (χ3v) is 7.03. The zero-order valence-electron chi connectivity index (χ0n) is 19.7. The lowest BCUT2D eigenvalue weighted by Gasteiger charge is -2.31. The Morgan fingerprint density at radius 2 is 1.62 bits per heavy atom. The Balaban J connectivity index is 1.25. The lowest BCUT2D eigenvalue weighted by atomic mass is 9.95. The Labute approximate surface area is 199 Å². The van der Waals surface area contributed by atoms with E-state index in [9.17, 15) is 9.59 Å². The number of hydrogen-bond donors (Lipinski definition) is 1. The Kier molecular flexibility index (Phi) is 6.07. The number of carbonyl (C=O) groups is 1. The molecule has 3 aromatic carbocycles. The number of fused-ring (bicyclic) bond motifs is 1. The van der Waals surface area contributed by atoms with Crippen molar-refractivity contribution in [3.05, 3.63) is 94.4 Å².